The van der Waals surface area contributed by atoms with Crippen LogP contribution >= 0.6 is 0 Å². The van der Waals surface area contributed by atoms with E-state index in [-0.39, 0.29) is 12.5 Å². The van der Waals surface area contributed by atoms with Crippen molar-refractivity contribution in [2.24, 2.45) is 0 Å². The molecule has 2 heterocycles. The highest BCUT2D eigenvalue weighted by atomic mass is 16.5. The topological polar surface area (TPSA) is 62.7 Å². The number of likely N-dealkylation sites (N-methyl/N-ethyl adjacent to an activating group) is 1. The van der Waals surface area contributed by atoms with Gasteiger partial charge in [-0.3, -0.25) is 4.79 Å². The molecule has 0 radical (unpaired) electrons. The molecular formula is C26H26N2O3. The summed E-state index contributed by atoms with van der Waals surface area (Å²) in [5.74, 6) is 0.848. The Hall–Kier alpha value is -3.18. The average molecular weight is 415 g/mol. The van der Waals surface area contributed by atoms with E-state index in [0.717, 1.165) is 40.9 Å². The van der Waals surface area contributed by atoms with Crippen molar-refractivity contribution in [3.8, 4) is 28.3 Å². The van der Waals surface area contributed by atoms with Crippen LogP contribution in [0.2, 0.25) is 0 Å². The number of fused-ring (bicyclic) bond motifs is 1. The normalized spacial score (nSPS) is 22.5. The Morgan fingerprint density at radius 1 is 1.10 bits per heavy atom. The molecule has 0 unspecified atom stereocenters. The van der Waals surface area contributed by atoms with Gasteiger partial charge in [0.05, 0.1) is 11.3 Å². The van der Waals surface area contributed by atoms with Crippen molar-refractivity contribution in [3.05, 3.63) is 66.2 Å². The number of hydrogen-bond donors (Lipinski definition) is 1. The quantitative estimate of drug-likeness (QED) is 0.667. The largest absolute Gasteiger partial charge is 0.466 e. The smallest absolute Gasteiger partial charge is 0.265 e. The van der Waals surface area contributed by atoms with Gasteiger partial charge in [-0.15, -0.1) is 0 Å². The molecule has 1 fully saturated rings. The van der Waals surface area contributed by atoms with E-state index in [1.165, 1.54) is 5.56 Å². The van der Waals surface area contributed by atoms with Crippen LogP contribution in [0.3, 0.4) is 0 Å². The standard InChI is InChI=1S/C26H26N2O3/c1-3-28-22-13-21(18-7-5-4-6-8-18)24(27-25(22)31-16-23(28)29)19-11-9-17(10-12-19)20-14-26(2,30)15-20/h4-13,20,30H,3,14-16H2,1-2H3/t20-,26+. The molecule has 0 spiro atoms. The SMILES string of the molecule is CCN1C(=O)COc2nc(-c3ccc([C@H]4C[C@@](C)(O)C4)cc3)c(-c3ccccc3)cc21. The van der Waals surface area contributed by atoms with Crippen LogP contribution in [0.25, 0.3) is 22.4 Å². The van der Waals surface area contributed by atoms with Crippen molar-refractivity contribution in [3.63, 3.8) is 0 Å². The summed E-state index contributed by atoms with van der Waals surface area (Å²) in [5.41, 5.74) is 5.27. The fourth-order valence-corrected chi connectivity index (χ4v) is 4.68. The Morgan fingerprint density at radius 3 is 2.45 bits per heavy atom. The van der Waals surface area contributed by atoms with E-state index in [2.05, 4.69) is 36.4 Å². The molecule has 1 aliphatic heterocycles. The first kappa shape index (κ1) is 19.8. The second kappa shape index (κ2) is 7.50. The van der Waals surface area contributed by atoms with Crippen LogP contribution in [0, 0.1) is 0 Å². The molecule has 1 aromatic heterocycles. The van der Waals surface area contributed by atoms with Crippen molar-refractivity contribution in [2.45, 2.75) is 38.2 Å². The lowest BCUT2D eigenvalue weighted by Crippen LogP contribution is -2.39. The number of ether oxygens (including phenoxy) is 1. The molecule has 1 amide bonds. The van der Waals surface area contributed by atoms with Gasteiger partial charge >= 0.3 is 0 Å². The number of carbonyl (C=O) groups is 1. The molecular weight excluding hydrogens is 388 g/mol. The Balaban J connectivity index is 1.59. The fourth-order valence-electron chi connectivity index (χ4n) is 4.68. The van der Waals surface area contributed by atoms with Crippen LogP contribution in [0.4, 0.5) is 5.69 Å². The molecule has 1 saturated carbocycles. The van der Waals surface area contributed by atoms with Crippen LogP contribution in [0.5, 0.6) is 5.88 Å². The Kier molecular flexibility index (Phi) is 4.78. The molecule has 0 saturated heterocycles. The van der Waals surface area contributed by atoms with Gasteiger partial charge in [0.25, 0.3) is 5.91 Å². The number of anilines is 1. The molecule has 2 aliphatic rings. The second-order valence-corrected chi connectivity index (χ2v) is 8.73. The highest BCUT2D eigenvalue weighted by Crippen LogP contribution is 2.45. The lowest BCUT2D eigenvalue weighted by molar-refractivity contribution is -0.121. The molecule has 5 nitrogen and oxygen atoms in total. The van der Waals surface area contributed by atoms with Gasteiger partial charge in [0.2, 0.25) is 5.88 Å². The number of amides is 1. The van der Waals surface area contributed by atoms with E-state index >= 15 is 0 Å². The van der Waals surface area contributed by atoms with Gasteiger partial charge in [-0.1, -0.05) is 54.6 Å². The van der Waals surface area contributed by atoms with Gasteiger partial charge in [0.1, 0.15) is 5.69 Å². The van der Waals surface area contributed by atoms with Gasteiger partial charge in [-0.25, -0.2) is 4.98 Å². The Labute approximate surface area is 182 Å². The van der Waals surface area contributed by atoms with E-state index in [0.29, 0.717) is 18.3 Å². The van der Waals surface area contributed by atoms with Crippen molar-refractivity contribution >= 4 is 11.6 Å². The Morgan fingerprint density at radius 2 is 1.81 bits per heavy atom. The highest BCUT2D eigenvalue weighted by Gasteiger charge is 2.39. The maximum atomic E-state index is 12.3. The van der Waals surface area contributed by atoms with E-state index < -0.39 is 5.60 Å². The third-order valence-electron chi connectivity index (χ3n) is 6.32. The van der Waals surface area contributed by atoms with E-state index in [4.69, 9.17) is 9.72 Å². The third-order valence-corrected chi connectivity index (χ3v) is 6.32. The maximum Gasteiger partial charge on any atom is 0.265 e. The van der Waals surface area contributed by atoms with E-state index in [9.17, 15) is 9.90 Å². The zero-order valence-electron chi connectivity index (χ0n) is 17.8. The molecule has 1 N–H and O–H groups in total. The lowest BCUT2D eigenvalue weighted by atomic mass is 9.69. The van der Waals surface area contributed by atoms with Crippen LogP contribution in [0.1, 0.15) is 38.2 Å². The number of rotatable bonds is 4. The zero-order chi connectivity index (χ0) is 21.6. The number of hydrogen-bond acceptors (Lipinski definition) is 4. The van der Waals surface area contributed by atoms with E-state index in [1.807, 2.05) is 38.1 Å². The van der Waals surface area contributed by atoms with Crippen LogP contribution < -0.4 is 9.64 Å². The minimum absolute atomic E-state index is 0.0124. The van der Waals surface area contributed by atoms with Gasteiger partial charge in [-0.05, 0) is 49.8 Å². The minimum atomic E-state index is -0.538. The van der Waals surface area contributed by atoms with Crippen molar-refractivity contribution < 1.29 is 14.6 Å². The number of aliphatic hydroxyl groups is 1. The van der Waals surface area contributed by atoms with Gasteiger partial charge in [0.15, 0.2) is 6.61 Å². The monoisotopic (exact) mass is 414 g/mol. The highest BCUT2D eigenvalue weighted by molar-refractivity contribution is 5.99. The first-order valence-electron chi connectivity index (χ1n) is 10.8. The summed E-state index contributed by atoms with van der Waals surface area (Å²) in [6.45, 7) is 4.44. The van der Waals surface area contributed by atoms with Crippen molar-refractivity contribution in [1.82, 2.24) is 4.98 Å². The minimum Gasteiger partial charge on any atom is -0.466 e. The summed E-state index contributed by atoms with van der Waals surface area (Å²) in [6.07, 6.45) is 1.60. The predicted molar refractivity (Wildman–Crippen MR) is 121 cm³/mol. The molecule has 1 aliphatic carbocycles. The summed E-state index contributed by atoms with van der Waals surface area (Å²) in [6, 6.07) is 20.6. The molecule has 3 aromatic rings. The van der Waals surface area contributed by atoms with Gasteiger partial charge in [0, 0.05) is 17.7 Å². The molecule has 0 atom stereocenters. The number of carbonyl (C=O) groups excluding carboxylic acids is 1. The number of benzene rings is 2. The second-order valence-electron chi connectivity index (χ2n) is 8.73. The predicted octanol–water partition coefficient (Wildman–Crippen LogP) is 4.79. The fraction of sp³-hybridized carbons (Fsp3) is 0.308. The van der Waals surface area contributed by atoms with Crippen molar-refractivity contribution in [2.75, 3.05) is 18.1 Å². The third kappa shape index (κ3) is 3.59. The maximum absolute atomic E-state index is 12.3. The van der Waals surface area contributed by atoms with Crippen LogP contribution in [-0.4, -0.2) is 34.8 Å². The molecule has 5 heteroatoms. The van der Waals surface area contributed by atoms with E-state index in [1.54, 1.807) is 4.90 Å². The Bertz CT molecular complexity index is 1120. The van der Waals surface area contributed by atoms with Crippen molar-refractivity contribution in [1.29, 1.82) is 0 Å². The molecule has 31 heavy (non-hydrogen) atoms. The molecule has 158 valence electrons. The molecule has 5 rings (SSSR count). The first-order valence-corrected chi connectivity index (χ1v) is 10.8. The zero-order valence-corrected chi connectivity index (χ0v) is 17.8. The van der Waals surface area contributed by atoms with Gasteiger partial charge < -0.3 is 14.7 Å². The average Bonchev–Trinajstić information content (AvgIpc) is 2.77. The summed E-state index contributed by atoms with van der Waals surface area (Å²) in [5, 5.41) is 10.1. The lowest BCUT2D eigenvalue weighted by Gasteiger charge is -2.41. The first-order chi connectivity index (χ1) is 14.9. The summed E-state index contributed by atoms with van der Waals surface area (Å²) < 4.78 is 5.70. The summed E-state index contributed by atoms with van der Waals surface area (Å²) in [4.78, 5) is 18.9. The summed E-state index contributed by atoms with van der Waals surface area (Å²) in [7, 11) is 0. The number of pyridine rings is 1. The molecule has 2 aromatic carbocycles. The molecule has 0 bridgehead atoms. The number of nitrogens with zero attached hydrogens (tertiary/aromatic N) is 2. The van der Waals surface area contributed by atoms with Crippen LogP contribution in [-0.2, 0) is 4.79 Å². The van der Waals surface area contributed by atoms with Gasteiger partial charge in [-0.2, -0.15) is 0 Å². The number of aromatic nitrogens is 1. The summed E-state index contributed by atoms with van der Waals surface area (Å²) >= 11 is 0. The van der Waals surface area contributed by atoms with Crippen LogP contribution in [0.15, 0.2) is 60.7 Å².